The Morgan fingerprint density at radius 1 is 1.09 bits per heavy atom. The molecule has 4 rings (SSSR count). The number of hydrogen-bond acceptors (Lipinski definition) is 6. The Morgan fingerprint density at radius 3 is 2.44 bits per heavy atom. The summed E-state index contributed by atoms with van der Waals surface area (Å²) in [5.41, 5.74) is 3.58. The molecular formula is C25H20N4O3. The van der Waals surface area contributed by atoms with E-state index in [-0.39, 0.29) is 29.2 Å². The van der Waals surface area contributed by atoms with Crippen molar-refractivity contribution in [2.75, 3.05) is 7.11 Å². The molecule has 0 spiro atoms. The number of rotatable bonds is 5. The molecule has 0 aliphatic carbocycles. The Hall–Kier alpha value is -4.44. The third-order valence-corrected chi connectivity index (χ3v) is 5.21. The van der Waals surface area contributed by atoms with E-state index in [4.69, 9.17) is 4.74 Å². The van der Waals surface area contributed by atoms with Crippen molar-refractivity contribution in [1.29, 1.82) is 5.26 Å². The molecule has 0 bridgehead atoms. The highest BCUT2D eigenvalue weighted by atomic mass is 16.5. The lowest BCUT2D eigenvalue weighted by Gasteiger charge is -2.13. The Kier molecular flexibility index (Phi) is 5.69. The summed E-state index contributed by atoms with van der Waals surface area (Å²) in [6.45, 7) is 1.71. The van der Waals surface area contributed by atoms with Crippen LogP contribution in [0, 0.1) is 18.3 Å². The highest BCUT2D eigenvalue weighted by molar-refractivity contribution is 5.70. The summed E-state index contributed by atoms with van der Waals surface area (Å²) in [6.07, 6.45) is 3.21. The Morgan fingerprint density at radius 2 is 1.78 bits per heavy atom. The Balaban J connectivity index is 1.69. The van der Waals surface area contributed by atoms with Crippen molar-refractivity contribution in [3.05, 3.63) is 99.7 Å². The van der Waals surface area contributed by atoms with Gasteiger partial charge in [-0.15, -0.1) is 0 Å². The van der Waals surface area contributed by atoms with Gasteiger partial charge >= 0.3 is 0 Å². The minimum atomic E-state index is -0.383. The fraction of sp³-hybridized carbons (Fsp3) is 0.120. The minimum Gasteiger partial charge on any atom is -0.507 e. The molecule has 0 aliphatic rings. The molecule has 0 unspecified atom stereocenters. The molecule has 0 saturated heterocycles. The van der Waals surface area contributed by atoms with E-state index in [9.17, 15) is 15.2 Å². The summed E-state index contributed by atoms with van der Waals surface area (Å²) in [7, 11) is 1.51. The van der Waals surface area contributed by atoms with E-state index in [1.807, 2.05) is 42.5 Å². The number of benzene rings is 2. The summed E-state index contributed by atoms with van der Waals surface area (Å²) < 4.78 is 6.44. The maximum atomic E-state index is 13.2. The van der Waals surface area contributed by atoms with E-state index in [2.05, 4.69) is 16.0 Å². The average Bonchev–Trinajstić information content (AvgIpc) is 2.82. The second kappa shape index (κ2) is 8.74. The van der Waals surface area contributed by atoms with Gasteiger partial charge in [0.1, 0.15) is 5.75 Å². The van der Waals surface area contributed by atoms with Gasteiger partial charge in [-0.25, -0.2) is 14.5 Å². The number of hydrogen-bond donors (Lipinski definition) is 1. The van der Waals surface area contributed by atoms with Crippen LogP contribution >= 0.6 is 0 Å². The lowest BCUT2D eigenvalue weighted by molar-refractivity contribution is 0.410. The second-order valence-electron chi connectivity index (χ2n) is 7.24. The SMILES string of the molecule is COc1cnc(-n2c(C)cc(O)c(Cc3ccc(-c4ccccc4C#N)cc3)c2=O)nc1. The van der Waals surface area contributed by atoms with E-state index in [0.717, 1.165) is 16.7 Å². The summed E-state index contributed by atoms with van der Waals surface area (Å²) in [6, 6.07) is 18.7. The van der Waals surface area contributed by atoms with Crippen LogP contribution in [-0.2, 0) is 6.42 Å². The molecule has 0 radical (unpaired) electrons. The van der Waals surface area contributed by atoms with Gasteiger partial charge in [-0.3, -0.25) is 4.79 Å². The minimum absolute atomic E-state index is 0.0730. The molecule has 7 heteroatoms. The van der Waals surface area contributed by atoms with Crippen LogP contribution in [-0.4, -0.2) is 26.8 Å². The molecule has 0 atom stereocenters. The monoisotopic (exact) mass is 424 g/mol. The molecule has 0 aliphatic heterocycles. The van der Waals surface area contributed by atoms with Crippen LogP contribution in [0.5, 0.6) is 11.5 Å². The highest BCUT2D eigenvalue weighted by Crippen LogP contribution is 2.25. The third kappa shape index (κ3) is 3.94. The van der Waals surface area contributed by atoms with E-state index < -0.39 is 0 Å². The van der Waals surface area contributed by atoms with Crippen molar-refractivity contribution >= 4 is 0 Å². The first-order valence-electron chi connectivity index (χ1n) is 9.91. The van der Waals surface area contributed by atoms with Gasteiger partial charge in [-0.05, 0) is 29.7 Å². The van der Waals surface area contributed by atoms with Gasteiger partial charge in [0.25, 0.3) is 5.56 Å². The topological polar surface area (TPSA) is 101 Å². The number of aryl methyl sites for hydroxylation is 1. The van der Waals surface area contributed by atoms with Gasteiger partial charge in [0, 0.05) is 18.2 Å². The van der Waals surface area contributed by atoms with Crippen molar-refractivity contribution in [2.24, 2.45) is 0 Å². The van der Waals surface area contributed by atoms with Crippen molar-refractivity contribution in [2.45, 2.75) is 13.3 Å². The van der Waals surface area contributed by atoms with E-state index in [1.165, 1.54) is 30.1 Å². The molecular weight excluding hydrogens is 404 g/mol. The third-order valence-electron chi connectivity index (χ3n) is 5.21. The zero-order valence-electron chi connectivity index (χ0n) is 17.6. The maximum absolute atomic E-state index is 13.2. The first kappa shape index (κ1) is 20.8. The fourth-order valence-electron chi connectivity index (χ4n) is 3.54. The van der Waals surface area contributed by atoms with Crippen LogP contribution in [0.1, 0.15) is 22.4 Å². The Bertz CT molecular complexity index is 1370. The van der Waals surface area contributed by atoms with E-state index in [1.54, 1.807) is 13.0 Å². The van der Waals surface area contributed by atoms with Gasteiger partial charge < -0.3 is 9.84 Å². The quantitative estimate of drug-likeness (QED) is 0.523. The molecule has 2 heterocycles. The summed E-state index contributed by atoms with van der Waals surface area (Å²) in [5, 5.41) is 19.8. The van der Waals surface area contributed by atoms with Crippen molar-refractivity contribution in [3.8, 4) is 34.6 Å². The molecule has 1 N–H and O–H groups in total. The number of pyridine rings is 1. The van der Waals surface area contributed by atoms with Gasteiger partial charge in [-0.2, -0.15) is 5.26 Å². The molecule has 7 nitrogen and oxygen atoms in total. The molecule has 0 amide bonds. The molecule has 32 heavy (non-hydrogen) atoms. The number of nitrogens with zero attached hydrogens (tertiary/aromatic N) is 4. The van der Waals surface area contributed by atoms with Crippen molar-refractivity contribution in [1.82, 2.24) is 14.5 Å². The zero-order chi connectivity index (χ0) is 22.7. The lowest BCUT2D eigenvalue weighted by Crippen LogP contribution is -2.26. The van der Waals surface area contributed by atoms with Crippen LogP contribution in [0.25, 0.3) is 17.1 Å². The van der Waals surface area contributed by atoms with Crippen LogP contribution in [0.3, 0.4) is 0 Å². The molecule has 4 aromatic rings. The summed E-state index contributed by atoms with van der Waals surface area (Å²) in [4.78, 5) is 21.6. The van der Waals surface area contributed by atoms with Gasteiger partial charge in [-0.1, -0.05) is 42.5 Å². The van der Waals surface area contributed by atoms with Crippen LogP contribution in [0.15, 0.2) is 71.8 Å². The second-order valence-corrected chi connectivity index (χ2v) is 7.24. The van der Waals surface area contributed by atoms with Crippen molar-refractivity contribution < 1.29 is 9.84 Å². The molecule has 2 aromatic carbocycles. The molecule has 158 valence electrons. The fourth-order valence-corrected chi connectivity index (χ4v) is 3.54. The zero-order valence-corrected chi connectivity index (χ0v) is 17.6. The van der Waals surface area contributed by atoms with Gasteiger partial charge in [0.05, 0.1) is 36.7 Å². The standard InChI is InChI=1S/C25H20N4O3/c1-16-11-23(30)22(24(31)29(16)25-27-14-20(32-2)15-28-25)12-17-7-9-18(10-8-17)21-6-4-3-5-19(21)13-26/h3-11,14-15,30H,12H2,1-2H3. The predicted octanol–water partition coefficient (Wildman–Crippen LogP) is 3.78. The maximum Gasteiger partial charge on any atom is 0.264 e. The first-order valence-corrected chi connectivity index (χ1v) is 9.91. The van der Waals surface area contributed by atoms with Crippen LogP contribution in [0.4, 0.5) is 0 Å². The smallest absolute Gasteiger partial charge is 0.264 e. The van der Waals surface area contributed by atoms with Crippen LogP contribution < -0.4 is 10.3 Å². The van der Waals surface area contributed by atoms with E-state index in [0.29, 0.717) is 17.0 Å². The predicted molar refractivity (Wildman–Crippen MR) is 120 cm³/mol. The van der Waals surface area contributed by atoms with Gasteiger partial charge in [0.15, 0.2) is 5.75 Å². The normalized spacial score (nSPS) is 10.5. The largest absolute Gasteiger partial charge is 0.507 e. The number of ether oxygens (including phenoxy) is 1. The molecule has 2 aromatic heterocycles. The highest BCUT2D eigenvalue weighted by Gasteiger charge is 2.16. The van der Waals surface area contributed by atoms with Crippen molar-refractivity contribution in [3.63, 3.8) is 0 Å². The number of nitriles is 1. The number of aromatic nitrogens is 3. The molecule has 0 fully saturated rings. The van der Waals surface area contributed by atoms with Gasteiger partial charge in [0.2, 0.25) is 5.95 Å². The van der Waals surface area contributed by atoms with E-state index >= 15 is 0 Å². The lowest BCUT2D eigenvalue weighted by atomic mass is 9.97. The number of methoxy groups -OCH3 is 1. The summed E-state index contributed by atoms with van der Waals surface area (Å²) in [5.74, 6) is 0.616. The first-order chi connectivity index (χ1) is 15.5. The average molecular weight is 424 g/mol. The Labute approximate surface area is 184 Å². The molecule has 0 saturated carbocycles. The summed E-state index contributed by atoms with van der Waals surface area (Å²) >= 11 is 0. The number of aromatic hydroxyl groups is 1. The van der Waals surface area contributed by atoms with Crippen LogP contribution in [0.2, 0.25) is 0 Å².